The highest BCUT2D eigenvalue weighted by atomic mass is 35.5. The summed E-state index contributed by atoms with van der Waals surface area (Å²) in [7, 11) is 0. The van der Waals surface area contributed by atoms with E-state index in [9.17, 15) is 9.18 Å². The van der Waals surface area contributed by atoms with Crippen LogP contribution in [0.25, 0.3) is 0 Å². The predicted octanol–water partition coefficient (Wildman–Crippen LogP) is 2.83. The van der Waals surface area contributed by atoms with Crippen molar-refractivity contribution in [3.05, 3.63) is 35.6 Å². The molecule has 1 aliphatic carbocycles. The third kappa shape index (κ3) is 4.20. The van der Waals surface area contributed by atoms with Crippen LogP contribution in [0.5, 0.6) is 0 Å². The third-order valence-corrected chi connectivity index (χ3v) is 4.78. The van der Waals surface area contributed by atoms with Gasteiger partial charge >= 0.3 is 0 Å². The summed E-state index contributed by atoms with van der Waals surface area (Å²) < 4.78 is 13.1. The van der Waals surface area contributed by atoms with Gasteiger partial charge in [-0.05, 0) is 49.3 Å². The molecule has 1 aromatic carbocycles. The number of benzene rings is 1. The lowest BCUT2D eigenvalue weighted by Crippen LogP contribution is -2.43. The van der Waals surface area contributed by atoms with E-state index in [1.807, 2.05) is 6.07 Å². The summed E-state index contributed by atoms with van der Waals surface area (Å²) in [5.74, 6) is 0.555. The van der Waals surface area contributed by atoms with Crippen molar-refractivity contribution >= 4 is 18.3 Å². The van der Waals surface area contributed by atoms with Gasteiger partial charge in [-0.3, -0.25) is 4.79 Å². The van der Waals surface area contributed by atoms with Gasteiger partial charge in [-0.2, -0.15) is 0 Å². The molecule has 22 heavy (non-hydrogen) atoms. The number of carbonyl (C=O) groups is 1. The van der Waals surface area contributed by atoms with Gasteiger partial charge in [-0.25, -0.2) is 4.39 Å². The summed E-state index contributed by atoms with van der Waals surface area (Å²) in [4.78, 5) is 12.2. The SMILES string of the molecule is Cl.O=C(NCCc1cccc(F)c1)C1CC2CCCCC2N1. The normalized spacial score (nSPS) is 26.9. The molecule has 3 rings (SSSR count). The van der Waals surface area contributed by atoms with Crippen molar-refractivity contribution in [1.29, 1.82) is 0 Å². The van der Waals surface area contributed by atoms with Crippen LogP contribution in [0, 0.1) is 11.7 Å². The van der Waals surface area contributed by atoms with Crippen LogP contribution < -0.4 is 10.6 Å². The minimum absolute atomic E-state index is 0. The van der Waals surface area contributed by atoms with Crippen LogP contribution >= 0.6 is 12.4 Å². The zero-order chi connectivity index (χ0) is 14.7. The zero-order valence-electron chi connectivity index (χ0n) is 12.7. The van der Waals surface area contributed by atoms with Gasteiger partial charge in [-0.1, -0.05) is 25.0 Å². The fourth-order valence-electron chi connectivity index (χ4n) is 3.67. The Labute approximate surface area is 137 Å². The highest BCUT2D eigenvalue weighted by Crippen LogP contribution is 2.33. The van der Waals surface area contributed by atoms with E-state index in [0.717, 1.165) is 12.0 Å². The molecule has 3 nitrogen and oxygen atoms in total. The molecule has 5 heteroatoms. The Kier molecular flexibility index (Phi) is 6.21. The van der Waals surface area contributed by atoms with Crippen LogP contribution in [0.15, 0.2) is 24.3 Å². The molecule has 2 N–H and O–H groups in total. The van der Waals surface area contributed by atoms with Crippen molar-refractivity contribution in [2.75, 3.05) is 6.54 Å². The maximum absolute atomic E-state index is 13.1. The molecule has 0 spiro atoms. The minimum Gasteiger partial charge on any atom is -0.354 e. The number of amides is 1. The fraction of sp³-hybridized carbons (Fsp3) is 0.588. The van der Waals surface area contributed by atoms with E-state index in [-0.39, 0.29) is 30.2 Å². The van der Waals surface area contributed by atoms with Gasteiger partial charge in [0.1, 0.15) is 5.82 Å². The first-order valence-electron chi connectivity index (χ1n) is 8.00. The number of carbonyl (C=O) groups excluding carboxylic acids is 1. The lowest BCUT2D eigenvalue weighted by atomic mass is 9.85. The second kappa shape index (κ2) is 7.93. The lowest BCUT2D eigenvalue weighted by molar-refractivity contribution is -0.122. The van der Waals surface area contributed by atoms with Crippen LogP contribution in [0.2, 0.25) is 0 Å². The van der Waals surface area contributed by atoms with Gasteiger partial charge in [0.2, 0.25) is 5.91 Å². The summed E-state index contributed by atoms with van der Waals surface area (Å²) in [6.07, 6.45) is 6.68. The second-order valence-electron chi connectivity index (χ2n) is 6.28. The molecule has 2 fully saturated rings. The van der Waals surface area contributed by atoms with Gasteiger partial charge in [0, 0.05) is 12.6 Å². The molecule has 1 heterocycles. The number of hydrogen-bond donors (Lipinski definition) is 2. The Morgan fingerprint density at radius 3 is 2.91 bits per heavy atom. The van der Waals surface area contributed by atoms with E-state index in [1.54, 1.807) is 6.07 Å². The highest BCUT2D eigenvalue weighted by molar-refractivity contribution is 5.85. The van der Waals surface area contributed by atoms with Crippen LogP contribution in [0.4, 0.5) is 4.39 Å². The molecule has 0 radical (unpaired) electrons. The Bertz CT molecular complexity index is 497. The molecule has 3 unspecified atom stereocenters. The summed E-state index contributed by atoms with van der Waals surface area (Å²) in [6, 6.07) is 7.05. The summed E-state index contributed by atoms with van der Waals surface area (Å²) >= 11 is 0. The minimum atomic E-state index is -0.222. The number of fused-ring (bicyclic) bond motifs is 1. The molecule has 1 amide bonds. The molecular weight excluding hydrogens is 303 g/mol. The summed E-state index contributed by atoms with van der Waals surface area (Å²) in [6.45, 7) is 0.565. The van der Waals surface area contributed by atoms with E-state index in [1.165, 1.54) is 37.8 Å². The molecule has 0 bridgehead atoms. The van der Waals surface area contributed by atoms with Crippen molar-refractivity contribution < 1.29 is 9.18 Å². The van der Waals surface area contributed by atoms with Crippen LogP contribution in [0.3, 0.4) is 0 Å². The van der Waals surface area contributed by atoms with Gasteiger partial charge in [-0.15, -0.1) is 12.4 Å². The van der Waals surface area contributed by atoms with Gasteiger partial charge in [0.25, 0.3) is 0 Å². The van der Waals surface area contributed by atoms with Crippen molar-refractivity contribution in [3.63, 3.8) is 0 Å². The predicted molar refractivity (Wildman–Crippen MR) is 87.6 cm³/mol. The molecule has 1 saturated carbocycles. The topological polar surface area (TPSA) is 41.1 Å². The molecule has 1 aromatic rings. The van der Waals surface area contributed by atoms with Crippen molar-refractivity contribution in [2.24, 2.45) is 5.92 Å². The standard InChI is InChI=1S/C17H23FN2O.ClH/c18-14-6-3-4-12(10-14)8-9-19-17(21)16-11-13-5-1-2-7-15(13)20-16;/h3-4,6,10,13,15-16,20H,1-2,5,7-9,11H2,(H,19,21);1H. The number of nitrogens with one attached hydrogen (secondary N) is 2. The molecular formula is C17H24ClFN2O. The van der Waals surface area contributed by atoms with Gasteiger partial charge in [0.05, 0.1) is 6.04 Å². The Morgan fingerprint density at radius 1 is 1.32 bits per heavy atom. The fourth-order valence-corrected chi connectivity index (χ4v) is 3.67. The number of rotatable bonds is 4. The average molecular weight is 327 g/mol. The number of hydrogen-bond acceptors (Lipinski definition) is 2. The van der Waals surface area contributed by atoms with Crippen LogP contribution in [-0.4, -0.2) is 24.5 Å². The first-order chi connectivity index (χ1) is 10.2. The first-order valence-corrected chi connectivity index (χ1v) is 8.00. The van der Waals surface area contributed by atoms with E-state index in [4.69, 9.17) is 0 Å². The smallest absolute Gasteiger partial charge is 0.237 e. The van der Waals surface area contributed by atoms with Crippen molar-refractivity contribution in [3.8, 4) is 0 Å². The Balaban J connectivity index is 0.00000176. The number of halogens is 2. The summed E-state index contributed by atoms with van der Waals surface area (Å²) in [5, 5.41) is 6.46. The first kappa shape index (κ1) is 17.2. The van der Waals surface area contributed by atoms with Crippen LogP contribution in [0.1, 0.15) is 37.7 Å². The molecule has 2 aliphatic rings. The second-order valence-corrected chi connectivity index (χ2v) is 6.28. The summed E-state index contributed by atoms with van der Waals surface area (Å²) in [5.41, 5.74) is 0.920. The molecule has 1 saturated heterocycles. The van der Waals surface area contributed by atoms with E-state index >= 15 is 0 Å². The lowest BCUT2D eigenvalue weighted by Gasteiger charge is -2.24. The van der Waals surface area contributed by atoms with E-state index < -0.39 is 0 Å². The van der Waals surface area contributed by atoms with Crippen molar-refractivity contribution in [2.45, 2.75) is 50.6 Å². The van der Waals surface area contributed by atoms with Gasteiger partial charge < -0.3 is 10.6 Å². The largest absolute Gasteiger partial charge is 0.354 e. The molecule has 122 valence electrons. The van der Waals surface area contributed by atoms with Crippen molar-refractivity contribution in [1.82, 2.24) is 10.6 Å². The Morgan fingerprint density at radius 2 is 2.14 bits per heavy atom. The Hall–Kier alpha value is -1.13. The zero-order valence-corrected chi connectivity index (χ0v) is 13.5. The maximum Gasteiger partial charge on any atom is 0.237 e. The average Bonchev–Trinajstić information content (AvgIpc) is 2.91. The highest BCUT2D eigenvalue weighted by Gasteiger charge is 2.37. The molecule has 3 atom stereocenters. The maximum atomic E-state index is 13.1. The van der Waals surface area contributed by atoms with E-state index in [0.29, 0.717) is 24.9 Å². The van der Waals surface area contributed by atoms with Gasteiger partial charge in [0.15, 0.2) is 0 Å². The van der Waals surface area contributed by atoms with E-state index in [2.05, 4.69) is 10.6 Å². The van der Waals surface area contributed by atoms with Crippen LogP contribution in [-0.2, 0) is 11.2 Å². The quantitative estimate of drug-likeness (QED) is 0.893. The third-order valence-electron chi connectivity index (χ3n) is 4.78. The molecule has 0 aromatic heterocycles. The monoisotopic (exact) mass is 326 g/mol. The molecule has 1 aliphatic heterocycles.